The number of rotatable bonds is 0. The van der Waals surface area contributed by atoms with Gasteiger partial charge in [0.15, 0.2) is 5.60 Å². The SMILES string of the molecule is O=C1C=C2C[C@H]3[C@H]4C[C@]2(O1)[C@@H]1CC[C@H](O4)N13. The summed E-state index contributed by atoms with van der Waals surface area (Å²) in [5.74, 6) is -0.137. The fraction of sp³-hybridized carbons (Fsp3) is 0.750. The highest BCUT2D eigenvalue weighted by Crippen LogP contribution is 2.59. The Morgan fingerprint density at radius 1 is 1.44 bits per heavy atom. The van der Waals surface area contributed by atoms with Crippen molar-refractivity contribution in [1.29, 1.82) is 0 Å². The first-order valence-electron chi connectivity index (χ1n) is 6.15. The minimum atomic E-state index is -0.304. The molecule has 4 saturated heterocycles. The van der Waals surface area contributed by atoms with Gasteiger partial charge in [-0.05, 0) is 24.8 Å². The lowest BCUT2D eigenvalue weighted by molar-refractivity contribution is -0.162. The predicted octanol–water partition coefficient (Wildman–Crippen LogP) is 0.574. The summed E-state index contributed by atoms with van der Waals surface area (Å²) in [7, 11) is 0. The van der Waals surface area contributed by atoms with Crippen molar-refractivity contribution < 1.29 is 14.3 Å². The summed E-state index contributed by atoms with van der Waals surface area (Å²) in [6.45, 7) is 0. The lowest BCUT2D eigenvalue weighted by Gasteiger charge is -2.53. The molecule has 0 N–H and O–H groups in total. The molecule has 84 valence electrons. The third-order valence-corrected chi connectivity index (χ3v) is 5.11. The molecule has 4 heteroatoms. The molecule has 4 bridgehead atoms. The van der Waals surface area contributed by atoms with Gasteiger partial charge in [0.2, 0.25) is 0 Å². The van der Waals surface area contributed by atoms with Gasteiger partial charge >= 0.3 is 5.97 Å². The highest BCUT2D eigenvalue weighted by atomic mass is 16.6. The van der Waals surface area contributed by atoms with Crippen molar-refractivity contribution >= 4 is 5.97 Å². The molecular formula is C12H13NO3. The molecule has 1 aliphatic carbocycles. The Hall–Kier alpha value is -0.870. The topological polar surface area (TPSA) is 38.8 Å². The van der Waals surface area contributed by atoms with Crippen LogP contribution < -0.4 is 0 Å². The molecule has 5 heterocycles. The summed E-state index contributed by atoms with van der Waals surface area (Å²) in [6, 6.07) is 0.910. The maximum atomic E-state index is 11.5. The van der Waals surface area contributed by atoms with Gasteiger partial charge in [-0.1, -0.05) is 0 Å². The van der Waals surface area contributed by atoms with Gasteiger partial charge < -0.3 is 9.47 Å². The molecule has 0 radical (unpaired) electrons. The lowest BCUT2D eigenvalue weighted by Crippen LogP contribution is -2.65. The standard InChI is InChI=1S/C12H13NO3/c14-11-4-6-3-7-8-5-12(6,16-11)9-1-2-10(15-8)13(7)9/h4,7-10H,1-3,5H2/t7-,8+,9-,10-,12+/m0/s1. The highest BCUT2D eigenvalue weighted by molar-refractivity contribution is 5.87. The molecule has 1 saturated carbocycles. The highest BCUT2D eigenvalue weighted by Gasteiger charge is 2.69. The van der Waals surface area contributed by atoms with E-state index in [2.05, 4.69) is 4.90 Å². The van der Waals surface area contributed by atoms with Crippen LogP contribution in [0.3, 0.4) is 0 Å². The zero-order valence-electron chi connectivity index (χ0n) is 8.89. The van der Waals surface area contributed by atoms with Crippen LogP contribution in [0.2, 0.25) is 0 Å². The molecule has 0 aromatic heterocycles. The molecule has 5 atom stereocenters. The Morgan fingerprint density at radius 2 is 2.38 bits per heavy atom. The largest absolute Gasteiger partial charge is 0.450 e. The first-order chi connectivity index (χ1) is 7.78. The predicted molar refractivity (Wildman–Crippen MR) is 53.5 cm³/mol. The first kappa shape index (κ1) is 8.25. The van der Waals surface area contributed by atoms with Crippen LogP contribution in [-0.2, 0) is 14.3 Å². The van der Waals surface area contributed by atoms with Crippen LogP contribution >= 0.6 is 0 Å². The van der Waals surface area contributed by atoms with Gasteiger partial charge in [-0.15, -0.1) is 0 Å². The Balaban J connectivity index is 1.75. The van der Waals surface area contributed by atoms with Crippen LogP contribution in [0.5, 0.6) is 0 Å². The summed E-state index contributed by atoms with van der Waals surface area (Å²) in [5, 5.41) is 0. The molecular weight excluding hydrogens is 206 g/mol. The molecule has 5 fully saturated rings. The molecule has 0 amide bonds. The van der Waals surface area contributed by atoms with E-state index in [-0.39, 0.29) is 11.6 Å². The maximum absolute atomic E-state index is 11.5. The van der Waals surface area contributed by atoms with Gasteiger partial charge in [-0.2, -0.15) is 0 Å². The lowest BCUT2D eigenvalue weighted by atomic mass is 9.67. The van der Waals surface area contributed by atoms with Crippen LogP contribution in [0, 0.1) is 0 Å². The van der Waals surface area contributed by atoms with Crippen LogP contribution in [0.15, 0.2) is 11.6 Å². The van der Waals surface area contributed by atoms with Gasteiger partial charge in [0.25, 0.3) is 0 Å². The second kappa shape index (κ2) is 2.22. The van der Waals surface area contributed by atoms with E-state index >= 15 is 0 Å². The zero-order chi connectivity index (χ0) is 10.5. The van der Waals surface area contributed by atoms with Gasteiger partial charge in [0.05, 0.1) is 12.1 Å². The minimum Gasteiger partial charge on any atom is -0.450 e. The van der Waals surface area contributed by atoms with E-state index in [1.165, 1.54) is 5.57 Å². The van der Waals surface area contributed by atoms with Gasteiger partial charge in [0.1, 0.15) is 6.23 Å². The Bertz CT molecular complexity index is 446. The fourth-order valence-corrected chi connectivity index (χ4v) is 4.65. The molecule has 6 aliphatic rings. The summed E-state index contributed by atoms with van der Waals surface area (Å²) < 4.78 is 11.8. The van der Waals surface area contributed by atoms with Gasteiger partial charge in [-0.3, -0.25) is 4.90 Å². The van der Waals surface area contributed by atoms with Crippen molar-refractivity contribution in [3.05, 3.63) is 11.6 Å². The Morgan fingerprint density at radius 3 is 3.31 bits per heavy atom. The summed E-state index contributed by atoms with van der Waals surface area (Å²) in [4.78, 5) is 14.0. The number of piperidine rings is 2. The molecule has 4 nitrogen and oxygen atoms in total. The number of carbonyl (C=O) groups is 1. The average Bonchev–Trinajstić information content (AvgIpc) is 2.81. The van der Waals surface area contributed by atoms with E-state index in [0.29, 0.717) is 24.4 Å². The second-order valence-corrected chi connectivity index (χ2v) is 5.63. The van der Waals surface area contributed by atoms with Crippen molar-refractivity contribution in [3.8, 4) is 0 Å². The quantitative estimate of drug-likeness (QED) is 0.558. The normalized spacial score (nSPS) is 56.5. The summed E-state index contributed by atoms with van der Waals surface area (Å²) in [5.41, 5.74) is 0.938. The van der Waals surface area contributed by atoms with Crippen LogP contribution in [0.4, 0.5) is 0 Å². The zero-order valence-corrected chi connectivity index (χ0v) is 8.89. The van der Waals surface area contributed by atoms with Crippen LogP contribution in [-0.4, -0.2) is 40.9 Å². The maximum Gasteiger partial charge on any atom is 0.331 e. The van der Waals surface area contributed by atoms with E-state index in [4.69, 9.17) is 9.47 Å². The number of hydrogen-bond donors (Lipinski definition) is 0. The Kier molecular flexibility index (Phi) is 1.14. The van der Waals surface area contributed by atoms with Crippen molar-refractivity contribution in [1.82, 2.24) is 4.90 Å². The van der Waals surface area contributed by atoms with Crippen LogP contribution in [0.1, 0.15) is 25.7 Å². The third kappa shape index (κ3) is 0.659. The number of ether oxygens (including phenoxy) is 2. The van der Waals surface area contributed by atoms with Crippen molar-refractivity contribution in [2.45, 2.75) is 55.7 Å². The van der Waals surface area contributed by atoms with Gasteiger partial charge in [-0.25, -0.2) is 4.79 Å². The van der Waals surface area contributed by atoms with E-state index in [1.807, 2.05) is 0 Å². The second-order valence-electron chi connectivity index (χ2n) is 5.63. The summed E-state index contributed by atoms with van der Waals surface area (Å²) in [6.07, 6.45) is 6.42. The van der Waals surface area contributed by atoms with E-state index in [9.17, 15) is 4.79 Å². The molecule has 0 aromatic rings. The molecule has 16 heavy (non-hydrogen) atoms. The fourth-order valence-electron chi connectivity index (χ4n) is 4.65. The van der Waals surface area contributed by atoms with Crippen molar-refractivity contribution in [3.63, 3.8) is 0 Å². The summed E-state index contributed by atoms with van der Waals surface area (Å²) >= 11 is 0. The van der Waals surface area contributed by atoms with Crippen molar-refractivity contribution in [2.24, 2.45) is 0 Å². The molecule has 0 aromatic carbocycles. The average molecular weight is 219 g/mol. The van der Waals surface area contributed by atoms with Crippen LogP contribution in [0.25, 0.3) is 0 Å². The number of carbonyl (C=O) groups excluding carboxylic acids is 1. The molecule has 0 unspecified atom stereocenters. The number of nitrogens with zero attached hydrogens (tertiary/aromatic N) is 1. The Labute approximate surface area is 93.2 Å². The minimum absolute atomic E-state index is 0.137. The monoisotopic (exact) mass is 219 g/mol. The van der Waals surface area contributed by atoms with E-state index in [1.54, 1.807) is 6.08 Å². The van der Waals surface area contributed by atoms with Crippen molar-refractivity contribution in [2.75, 3.05) is 0 Å². The first-order valence-corrected chi connectivity index (χ1v) is 6.15. The third-order valence-electron chi connectivity index (χ3n) is 5.11. The number of esters is 1. The number of hydrogen-bond acceptors (Lipinski definition) is 4. The molecule has 6 rings (SSSR count). The van der Waals surface area contributed by atoms with E-state index < -0.39 is 0 Å². The van der Waals surface area contributed by atoms with Gasteiger partial charge in [0, 0.05) is 18.5 Å². The molecule has 1 spiro atoms. The smallest absolute Gasteiger partial charge is 0.331 e. The van der Waals surface area contributed by atoms with E-state index in [0.717, 1.165) is 25.7 Å². The molecule has 5 aliphatic heterocycles.